The van der Waals surface area contributed by atoms with Gasteiger partial charge in [0.2, 0.25) is 5.91 Å². The molecule has 1 atom stereocenters. The molecule has 0 aromatic carbocycles. The number of carbonyl (C=O) groups is 1. The van der Waals surface area contributed by atoms with Crippen molar-refractivity contribution in [2.45, 2.75) is 32.2 Å². The summed E-state index contributed by atoms with van der Waals surface area (Å²) in [5, 5.41) is 8.51. The minimum absolute atomic E-state index is 0.0540. The van der Waals surface area contributed by atoms with E-state index in [9.17, 15) is 4.79 Å². The number of fused-ring (bicyclic) bond motifs is 1. The normalized spacial score (nSPS) is 35.6. The third-order valence-corrected chi connectivity index (χ3v) is 3.48. The van der Waals surface area contributed by atoms with Crippen molar-refractivity contribution in [2.24, 2.45) is 11.3 Å². The van der Waals surface area contributed by atoms with E-state index in [4.69, 9.17) is 5.26 Å². The van der Waals surface area contributed by atoms with Crippen molar-refractivity contribution in [3.8, 4) is 6.07 Å². The number of nitriles is 1. The Kier molecular flexibility index (Phi) is 1.63. The average molecular weight is 178 g/mol. The fourth-order valence-corrected chi connectivity index (χ4v) is 1.87. The molecule has 0 N–H and O–H groups in total. The zero-order chi connectivity index (χ0) is 9.64. The number of amides is 1. The molecule has 0 aromatic rings. The van der Waals surface area contributed by atoms with Crippen LogP contribution in [0.1, 0.15) is 26.2 Å². The van der Waals surface area contributed by atoms with Crippen molar-refractivity contribution in [3.63, 3.8) is 0 Å². The van der Waals surface area contributed by atoms with Crippen LogP contribution >= 0.6 is 0 Å². The molecule has 0 heterocycles. The average Bonchev–Trinajstić information content (AvgIpc) is 2.88. The van der Waals surface area contributed by atoms with Gasteiger partial charge in [-0.3, -0.25) is 4.79 Å². The summed E-state index contributed by atoms with van der Waals surface area (Å²) in [5.41, 5.74) is 0.0540. The molecule has 3 nitrogen and oxygen atoms in total. The molecule has 0 aliphatic heterocycles. The van der Waals surface area contributed by atoms with Crippen LogP contribution in [0.3, 0.4) is 0 Å². The van der Waals surface area contributed by atoms with Crippen molar-refractivity contribution in [1.29, 1.82) is 5.26 Å². The lowest BCUT2D eigenvalue weighted by atomic mass is 10.1. The van der Waals surface area contributed by atoms with Gasteiger partial charge in [0.1, 0.15) is 0 Å². The number of hydrogen-bond acceptors (Lipinski definition) is 2. The maximum atomic E-state index is 11.8. The number of rotatable bonds is 3. The summed E-state index contributed by atoms with van der Waals surface area (Å²) in [6.45, 7) is 1.93. The molecule has 2 aliphatic carbocycles. The van der Waals surface area contributed by atoms with E-state index in [1.165, 1.54) is 0 Å². The Bertz CT molecular complexity index is 286. The van der Waals surface area contributed by atoms with Crippen LogP contribution in [0.25, 0.3) is 0 Å². The van der Waals surface area contributed by atoms with Crippen LogP contribution in [0.2, 0.25) is 0 Å². The van der Waals surface area contributed by atoms with Crippen molar-refractivity contribution >= 4 is 5.91 Å². The van der Waals surface area contributed by atoms with Gasteiger partial charge in [-0.2, -0.15) is 5.26 Å². The Morgan fingerprint density at radius 3 is 2.69 bits per heavy atom. The van der Waals surface area contributed by atoms with Gasteiger partial charge >= 0.3 is 0 Å². The van der Waals surface area contributed by atoms with E-state index in [0.717, 1.165) is 12.8 Å². The molecule has 0 aromatic heterocycles. The summed E-state index contributed by atoms with van der Waals surface area (Å²) in [5.74, 6) is 0.956. The van der Waals surface area contributed by atoms with Gasteiger partial charge < -0.3 is 4.90 Å². The molecule has 2 aliphatic rings. The maximum absolute atomic E-state index is 11.8. The van der Waals surface area contributed by atoms with Crippen LogP contribution in [-0.2, 0) is 4.79 Å². The fourth-order valence-electron chi connectivity index (χ4n) is 1.87. The predicted molar refractivity (Wildman–Crippen MR) is 47.6 cm³/mol. The lowest BCUT2D eigenvalue weighted by molar-refractivity contribution is -0.135. The molecule has 1 unspecified atom stereocenters. The lowest BCUT2D eigenvalue weighted by Gasteiger charge is -2.24. The van der Waals surface area contributed by atoms with E-state index in [1.807, 2.05) is 14.0 Å². The van der Waals surface area contributed by atoms with E-state index >= 15 is 0 Å². The molecule has 1 amide bonds. The van der Waals surface area contributed by atoms with Gasteiger partial charge in [-0.15, -0.1) is 0 Å². The van der Waals surface area contributed by atoms with Gasteiger partial charge in [0.15, 0.2) is 0 Å². The molecule has 13 heavy (non-hydrogen) atoms. The van der Waals surface area contributed by atoms with Crippen LogP contribution in [0.4, 0.5) is 0 Å². The summed E-state index contributed by atoms with van der Waals surface area (Å²) < 4.78 is 0. The highest BCUT2D eigenvalue weighted by Gasteiger charge is 2.75. The molecular formula is C10H14N2O. The second-order valence-corrected chi connectivity index (χ2v) is 4.39. The number of hydrogen-bond donors (Lipinski definition) is 0. The molecule has 3 heteroatoms. The Balaban J connectivity index is 1.93. The van der Waals surface area contributed by atoms with Gasteiger partial charge in [0, 0.05) is 13.1 Å². The highest BCUT2D eigenvalue weighted by atomic mass is 16.2. The van der Waals surface area contributed by atoms with Gasteiger partial charge in [-0.1, -0.05) is 0 Å². The van der Waals surface area contributed by atoms with Crippen LogP contribution in [0, 0.1) is 22.7 Å². The van der Waals surface area contributed by atoms with Crippen LogP contribution in [0.15, 0.2) is 0 Å². The van der Waals surface area contributed by atoms with Crippen molar-refractivity contribution < 1.29 is 4.79 Å². The van der Waals surface area contributed by atoms with E-state index in [-0.39, 0.29) is 17.4 Å². The fraction of sp³-hybridized carbons (Fsp3) is 0.800. The molecule has 2 fully saturated rings. The summed E-state index contributed by atoms with van der Waals surface area (Å²) >= 11 is 0. The third kappa shape index (κ3) is 1.13. The van der Waals surface area contributed by atoms with Crippen LogP contribution < -0.4 is 0 Å². The van der Waals surface area contributed by atoms with Crippen molar-refractivity contribution in [3.05, 3.63) is 0 Å². The molecule has 0 spiro atoms. The first-order chi connectivity index (χ1) is 6.12. The van der Waals surface area contributed by atoms with E-state index < -0.39 is 0 Å². The first-order valence-corrected chi connectivity index (χ1v) is 4.76. The van der Waals surface area contributed by atoms with E-state index in [2.05, 4.69) is 6.07 Å². The number of nitrogens with zero attached hydrogens (tertiary/aromatic N) is 2. The first kappa shape index (κ1) is 8.55. The molecule has 2 saturated carbocycles. The summed E-state index contributed by atoms with van der Waals surface area (Å²) in [6.07, 6.45) is 2.62. The van der Waals surface area contributed by atoms with Gasteiger partial charge in [0.25, 0.3) is 0 Å². The monoisotopic (exact) mass is 178 g/mol. The standard InChI is InChI=1S/C10H14N2O/c1-7(3-4-11)12(2)9(13)10-5-8(10)6-10/h7-8H,3,5-6H2,1-2H3. The highest BCUT2D eigenvalue weighted by Crippen LogP contribution is 2.75. The topological polar surface area (TPSA) is 44.1 Å². The minimum atomic E-state index is 0.0540. The summed E-state index contributed by atoms with van der Waals surface area (Å²) in [7, 11) is 1.81. The SMILES string of the molecule is CC(CC#N)N(C)C(=O)C12CC1C2. The quantitative estimate of drug-likeness (QED) is 0.650. The third-order valence-electron chi connectivity index (χ3n) is 3.48. The van der Waals surface area contributed by atoms with Crippen molar-refractivity contribution in [1.82, 2.24) is 4.90 Å². The number of carbonyl (C=O) groups excluding carboxylic acids is 1. The van der Waals surface area contributed by atoms with Gasteiger partial charge in [0.05, 0.1) is 17.9 Å². The van der Waals surface area contributed by atoms with Crippen LogP contribution in [0.5, 0.6) is 0 Å². The molecule has 0 saturated heterocycles. The van der Waals surface area contributed by atoms with Crippen molar-refractivity contribution in [2.75, 3.05) is 7.05 Å². The Morgan fingerprint density at radius 2 is 2.31 bits per heavy atom. The van der Waals surface area contributed by atoms with E-state index in [0.29, 0.717) is 12.3 Å². The zero-order valence-electron chi connectivity index (χ0n) is 8.08. The molecule has 0 radical (unpaired) electrons. The summed E-state index contributed by atoms with van der Waals surface area (Å²) in [4.78, 5) is 13.5. The Labute approximate surface area is 78.3 Å². The zero-order valence-corrected chi connectivity index (χ0v) is 8.08. The first-order valence-electron chi connectivity index (χ1n) is 4.76. The van der Waals surface area contributed by atoms with Gasteiger partial charge in [-0.05, 0) is 25.7 Å². The highest BCUT2D eigenvalue weighted by molar-refractivity contribution is 5.90. The largest absolute Gasteiger partial charge is 0.342 e. The maximum Gasteiger partial charge on any atom is 0.229 e. The second kappa shape index (κ2) is 2.47. The Morgan fingerprint density at radius 1 is 1.77 bits per heavy atom. The molecule has 2 rings (SSSR count). The Hall–Kier alpha value is -1.04. The van der Waals surface area contributed by atoms with E-state index in [1.54, 1.807) is 4.90 Å². The second-order valence-electron chi connectivity index (χ2n) is 4.39. The molecule has 70 valence electrons. The predicted octanol–water partition coefficient (Wildman–Crippen LogP) is 1.16. The van der Waals surface area contributed by atoms with Gasteiger partial charge in [-0.25, -0.2) is 0 Å². The summed E-state index contributed by atoms with van der Waals surface area (Å²) in [6, 6.07) is 2.16. The van der Waals surface area contributed by atoms with Crippen LogP contribution in [-0.4, -0.2) is 23.9 Å². The minimum Gasteiger partial charge on any atom is -0.342 e. The molecular weight excluding hydrogens is 164 g/mol. The smallest absolute Gasteiger partial charge is 0.229 e. The molecule has 0 bridgehead atoms. The lowest BCUT2D eigenvalue weighted by Crippen LogP contribution is -2.37.